The molecule has 0 radical (unpaired) electrons. The zero-order chi connectivity index (χ0) is 13.5. The van der Waals surface area contributed by atoms with E-state index in [9.17, 15) is 9.00 Å². The zero-order valence-electron chi connectivity index (χ0n) is 11.6. The van der Waals surface area contributed by atoms with Gasteiger partial charge in [0.2, 0.25) is 0 Å². The molecule has 2 heterocycles. The molecule has 0 aromatic heterocycles. The SMILES string of the molecule is CC.CC1=CCN(C(=O)N2CCS(=O)CC2)CC1. The van der Waals surface area contributed by atoms with Crippen LogP contribution in [0.3, 0.4) is 0 Å². The van der Waals surface area contributed by atoms with E-state index in [4.69, 9.17) is 0 Å². The molecular weight excluding hydrogens is 248 g/mol. The predicted molar refractivity (Wildman–Crippen MR) is 76.1 cm³/mol. The van der Waals surface area contributed by atoms with Gasteiger partial charge in [0.15, 0.2) is 0 Å². The molecule has 4 nitrogen and oxygen atoms in total. The Morgan fingerprint density at radius 1 is 1.17 bits per heavy atom. The predicted octanol–water partition coefficient (Wildman–Crippen LogP) is 1.85. The van der Waals surface area contributed by atoms with Gasteiger partial charge in [-0.25, -0.2) is 4.79 Å². The van der Waals surface area contributed by atoms with Gasteiger partial charge in [0.05, 0.1) is 0 Å². The summed E-state index contributed by atoms with van der Waals surface area (Å²) in [5, 5.41) is 0. The Bertz CT molecular complexity index is 332. The van der Waals surface area contributed by atoms with E-state index in [0.717, 1.165) is 19.5 Å². The van der Waals surface area contributed by atoms with Crippen molar-refractivity contribution in [3.8, 4) is 0 Å². The Labute approximate surface area is 112 Å². The van der Waals surface area contributed by atoms with Crippen LogP contribution in [-0.2, 0) is 10.8 Å². The summed E-state index contributed by atoms with van der Waals surface area (Å²) in [6.07, 6.45) is 3.09. The molecule has 2 amide bonds. The number of rotatable bonds is 0. The monoisotopic (exact) mass is 272 g/mol. The maximum Gasteiger partial charge on any atom is 0.320 e. The number of carbonyl (C=O) groups excluding carboxylic acids is 1. The molecule has 0 aromatic rings. The van der Waals surface area contributed by atoms with E-state index in [0.29, 0.717) is 24.6 Å². The fraction of sp³-hybridized carbons (Fsp3) is 0.769. The van der Waals surface area contributed by atoms with Crippen LogP contribution in [0.1, 0.15) is 27.2 Å². The molecule has 0 aliphatic carbocycles. The number of nitrogens with zero attached hydrogens (tertiary/aromatic N) is 2. The molecule has 1 fully saturated rings. The molecule has 104 valence electrons. The fourth-order valence-corrected chi connectivity index (χ4v) is 3.03. The Kier molecular flexibility index (Phi) is 6.39. The lowest BCUT2D eigenvalue weighted by Gasteiger charge is -2.33. The van der Waals surface area contributed by atoms with Crippen molar-refractivity contribution in [3.63, 3.8) is 0 Å². The standard InChI is InChI=1S/C11H18N2O2S.C2H6/c1-10-2-4-12(5-3-10)11(14)13-6-8-16(15)9-7-13;1-2/h2H,3-9H2,1H3;1-2H3. The van der Waals surface area contributed by atoms with Gasteiger partial charge in [0.1, 0.15) is 0 Å². The molecule has 0 saturated carbocycles. The second-order valence-electron chi connectivity index (χ2n) is 4.36. The van der Waals surface area contributed by atoms with Gasteiger partial charge in [-0.2, -0.15) is 0 Å². The van der Waals surface area contributed by atoms with Crippen molar-refractivity contribution in [3.05, 3.63) is 11.6 Å². The molecule has 5 heteroatoms. The van der Waals surface area contributed by atoms with Gasteiger partial charge in [-0.05, 0) is 13.3 Å². The number of hydrogen-bond donors (Lipinski definition) is 0. The molecule has 0 atom stereocenters. The summed E-state index contributed by atoms with van der Waals surface area (Å²) in [7, 11) is -0.712. The first-order valence-electron chi connectivity index (χ1n) is 6.71. The van der Waals surface area contributed by atoms with E-state index >= 15 is 0 Å². The van der Waals surface area contributed by atoms with Gasteiger partial charge in [-0.1, -0.05) is 25.5 Å². The molecule has 0 aromatic carbocycles. The largest absolute Gasteiger partial charge is 0.323 e. The van der Waals surface area contributed by atoms with E-state index in [-0.39, 0.29) is 6.03 Å². The maximum atomic E-state index is 12.1. The first-order valence-corrected chi connectivity index (χ1v) is 8.20. The van der Waals surface area contributed by atoms with Crippen LogP contribution in [-0.4, -0.2) is 57.7 Å². The average Bonchev–Trinajstić information content (AvgIpc) is 2.42. The van der Waals surface area contributed by atoms with E-state index < -0.39 is 10.8 Å². The summed E-state index contributed by atoms with van der Waals surface area (Å²) in [5.74, 6) is 1.27. The minimum absolute atomic E-state index is 0.112. The summed E-state index contributed by atoms with van der Waals surface area (Å²) >= 11 is 0. The lowest BCUT2D eigenvalue weighted by molar-refractivity contribution is 0.160. The van der Waals surface area contributed by atoms with E-state index in [1.807, 2.05) is 23.6 Å². The Balaban J connectivity index is 0.000000771. The van der Waals surface area contributed by atoms with E-state index in [2.05, 4.69) is 13.0 Å². The van der Waals surface area contributed by atoms with E-state index in [1.54, 1.807) is 0 Å². The molecular formula is C13H24N2O2S. The van der Waals surface area contributed by atoms with Crippen molar-refractivity contribution in [2.24, 2.45) is 0 Å². The summed E-state index contributed by atoms with van der Waals surface area (Å²) in [6.45, 7) is 8.94. The second kappa shape index (κ2) is 7.56. The lowest BCUT2D eigenvalue weighted by atomic mass is 10.1. The van der Waals surface area contributed by atoms with Crippen LogP contribution >= 0.6 is 0 Å². The first-order chi connectivity index (χ1) is 8.66. The van der Waals surface area contributed by atoms with Crippen LogP contribution in [0, 0.1) is 0 Å². The zero-order valence-corrected chi connectivity index (χ0v) is 12.5. The molecule has 2 aliphatic heterocycles. The van der Waals surface area contributed by atoms with Gasteiger partial charge in [-0.3, -0.25) is 4.21 Å². The normalized spacial score (nSPS) is 20.9. The van der Waals surface area contributed by atoms with E-state index in [1.165, 1.54) is 5.57 Å². The highest BCUT2D eigenvalue weighted by atomic mass is 32.2. The van der Waals surface area contributed by atoms with Crippen molar-refractivity contribution in [2.75, 3.05) is 37.7 Å². The first kappa shape index (κ1) is 15.2. The highest BCUT2D eigenvalue weighted by Crippen LogP contribution is 2.12. The second-order valence-corrected chi connectivity index (χ2v) is 6.06. The van der Waals surface area contributed by atoms with Crippen LogP contribution in [0.2, 0.25) is 0 Å². The molecule has 2 rings (SSSR count). The number of amides is 2. The van der Waals surface area contributed by atoms with Crippen molar-refractivity contribution in [1.82, 2.24) is 9.80 Å². The minimum Gasteiger partial charge on any atom is -0.323 e. The number of hydrogen-bond acceptors (Lipinski definition) is 2. The van der Waals surface area contributed by atoms with Gasteiger partial charge in [-0.15, -0.1) is 0 Å². The third-order valence-electron chi connectivity index (χ3n) is 3.15. The maximum absolute atomic E-state index is 12.1. The van der Waals surface area contributed by atoms with Gasteiger partial charge in [0.25, 0.3) is 0 Å². The Hall–Kier alpha value is -0.840. The van der Waals surface area contributed by atoms with Crippen LogP contribution in [0.5, 0.6) is 0 Å². The van der Waals surface area contributed by atoms with Crippen molar-refractivity contribution in [1.29, 1.82) is 0 Å². The van der Waals surface area contributed by atoms with Gasteiger partial charge >= 0.3 is 6.03 Å². The topological polar surface area (TPSA) is 40.6 Å². The fourth-order valence-electron chi connectivity index (χ4n) is 1.97. The highest BCUT2D eigenvalue weighted by Gasteiger charge is 2.25. The molecule has 1 saturated heterocycles. The summed E-state index contributed by atoms with van der Waals surface area (Å²) in [4.78, 5) is 15.8. The third-order valence-corrected chi connectivity index (χ3v) is 4.43. The third kappa shape index (κ3) is 4.12. The van der Waals surface area contributed by atoms with Crippen LogP contribution in [0.15, 0.2) is 11.6 Å². The lowest BCUT2D eigenvalue weighted by Crippen LogP contribution is -2.49. The van der Waals surface area contributed by atoms with Gasteiger partial charge in [0, 0.05) is 48.5 Å². The smallest absolute Gasteiger partial charge is 0.320 e. The molecule has 2 aliphatic rings. The average molecular weight is 272 g/mol. The Morgan fingerprint density at radius 2 is 1.78 bits per heavy atom. The minimum atomic E-state index is -0.712. The molecule has 0 spiro atoms. The number of carbonyl (C=O) groups is 1. The molecule has 0 unspecified atom stereocenters. The van der Waals surface area contributed by atoms with Crippen LogP contribution in [0.25, 0.3) is 0 Å². The van der Waals surface area contributed by atoms with Crippen LogP contribution in [0.4, 0.5) is 4.79 Å². The highest BCUT2D eigenvalue weighted by molar-refractivity contribution is 7.85. The summed E-state index contributed by atoms with van der Waals surface area (Å²) in [5.41, 5.74) is 1.36. The van der Waals surface area contributed by atoms with Crippen molar-refractivity contribution >= 4 is 16.8 Å². The van der Waals surface area contributed by atoms with Crippen LogP contribution < -0.4 is 0 Å². The van der Waals surface area contributed by atoms with Gasteiger partial charge < -0.3 is 9.80 Å². The summed E-state index contributed by atoms with van der Waals surface area (Å²) in [6, 6.07) is 0.112. The quantitative estimate of drug-likeness (QED) is 0.631. The van der Waals surface area contributed by atoms with Crippen molar-refractivity contribution < 1.29 is 9.00 Å². The Morgan fingerprint density at radius 3 is 2.28 bits per heavy atom. The molecule has 0 N–H and O–H groups in total. The summed E-state index contributed by atoms with van der Waals surface area (Å²) < 4.78 is 11.2. The number of urea groups is 1. The molecule has 0 bridgehead atoms. The van der Waals surface area contributed by atoms with Crippen molar-refractivity contribution in [2.45, 2.75) is 27.2 Å². The molecule has 18 heavy (non-hydrogen) atoms.